The van der Waals surface area contributed by atoms with Gasteiger partial charge in [-0.1, -0.05) is 30.3 Å². The van der Waals surface area contributed by atoms with E-state index in [9.17, 15) is 4.79 Å². The van der Waals surface area contributed by atoms with Gasteiger partial charge in [-0.05, 0) is 50.6 Å². The highest BCUT2D eigenvalue weighted by molar-refractivity contribution is 5.91. The van der Waals surface area contributed by atoms with Crippen molar-refractivity contribution in [3.05, 3.63) is 35.9 Å². The van der Waals surface area contributed by atoms with Crippen molar-refractivity contribution in [2.24, 2.45) is 11.7 Å². The number of benzene rings is 1. The lowest BCUT2D eigenvalue weighted by Gasteiger charge is -2.39. The summed E-state index contributed by atoms with van der Waals surface area (Å²) in [4.78, 5) is 15.1. The molecule has 1 saturated heterocycles. The molecular weight excluding hydrogens is 248 g/mol. The second-order valence-corrected chi connectivity index (χ2v) is 6.43. The largest absolute Gasteiger partial charge is 0.339 e. The average Bonchev–Trinajstić information content (AvgIpc) is 3.30. The van der Waals surface area contributed by atoms with Crippen LogP contribution >= 0.6 is 0 Å². The van der Waals surface area contributed by atoms with Crippen molar-refractivity contribution >= 4 is 5.91 Å². The molecule has 2 atom stereocenters. The number of rotatable bonds is 3. The predicted molar refractivity (Wildman–Crippen MR) is 80.3 cm³/mol. The van der Waals surface area contributed by atoms with Gasteiger partial charge in [-0.2, -0.15) is 0 Å². The van der Waals surface area contributed by atoms with Gasteiger partial charge in [0, 0.05) is 12.6 Å². The third-order valence-electron chi connectivity index (χ3n) is 5.06. The Balaban J connectivity index is 1.81. The average molecular weight is 272 g/mol. The number of carbonyl (C=O) groups excluding carboxylic acids is 1. The Labute approximate surface area is 121 Å². The second kappa shape index (κ2) is 5.21. The monoisotopic (exact) mass is 272 g/mol. The van der Waals surface area contributed by atoms with E-state index in [2.05, 4.69) is 24.0 Å². The third kappa shape index (κ3) is 2.24. The zero-order valence-electron chi connectivity index (χ0n) is 12.2. The molecule has 2 aliphatic rings. The summed E-state index contributed by atoms with van der Waals surface area (Å²) in [6.07, 6.45) is 4.22. The lowest BCUT2D eigenvalue weighted by molar-refractivity contribution is -0.138. The summed E-state index contributed by atoms with van der Waals surface area (Å²) in [5.74, 6) is 0.802. The molecule has 1 aliphatic carbocycles. The molecule has 1 aromatic rings. The van der Waals surface area contributed by atoms with Crippen molar-refractivity contribution in [2.75, 3.05) is 13.1 Å². The molecule has 0 spiro atoms. The van der Waals surface area contributed by atoms with E-state index in [0.717, 1.165) is 32.2 Å². The predicted octanol–water partition coefficient (Wildman–Crippen LogP) is 2.30. The van der Waals surface area contributed by atoms with Gasteiger partial charge >= 0.3 is 0 Å². The summed E-state index contributed by atoms with van der Waals surface area (Å²) < 4.78 is 0. The van der Waals surface area contributed by atoms with Crippen molar-refractivity contribution in [1.29, 1.82) is 0 Å². The fourth-order valence-corrected chi connectivity index (χ4v) is 3.44. The first kappa shape index (κ1) is 13.6. The van der Waals surface area contributed by atoms with Crippen LogP contribution in [0.5, 0.6) is 0 Å². The van der Waals surface area contributed by atoms with E-state index in [-0.39, 0.29) is 5.41 Å². The van der Waals surface area contributed by atoms with Crippen LogP contribution in [0.1, 0.15) is 38.2 Å². The number of piperidine rings is 1. The van der Waals surface area contributed by atoms with E-state index < -0.39 is 0 Å². The SMILES string of the molecule is CC1CCC(CN)CN1C(=O)C1(c2ccccc2)CC1. The van der Waals surface area contributed by atoms with Crippen LogP contribution in [0.4, 0.5) is 0 Å². The second-order valence-electron chi connectivity index (χ2n) is 6.43. The first-order valence-corrected chi connectivity index (χ1v) is 7.74. The highest BCUT2D eigenvalue weighted by atomic mass is 16.2. The number of likely N-dealkylation sites (tertiary alicyclic amines) is 1. The zero-order valence-corrected chi connectivity index (χ0v) is 12.2. The van der Waals surface area contributed by atoms with Crippen molar-refractivity contribution in [3.63, 3.8) is 0 Å². The first-order chi connectivity index (χ1) is 9.67. The van der Waals surface area contributed by atoms with E-state index in [1.807, 2.05) is 18.2 Å². The van der Waals surface area contributed by atoms with Gasteiger partial charge in [-0.3, -0.25) is 4.79 Å². The summed E-state index contributed by atoms with van der Waals surface area (Å²) >= 11 is 0. The third-order valence-corrected chi connectivity index (χ3v) is 5.06. The van der Waals surface area contributed by atoms with Crippen LogP contribution < -0.4 is 5.73 Å². The molecule has 3 nitrogen and oxygen atoms in total. The maximum atomic E-state index is 13.0. The van der Waals surface area contributed by atoms with Gasteiger partial charge < -0.3 is 10.6 Å². The summed E-state index contributed by atoms with van der Waals surface area (Å²) in [6, 6.07) is 10.6. The van der Waals surface area contributed by atoms with Gasteiger partial charge in [0.05, 0.1) is 5.41 Å². The molecule has 1 amide bonds. The maximum absolute atomic E-state index is 13.0. The molecule has 2 unspecified atom stereocenters. The van der Waals surface area contributed by atoms with E-state index in [1.165, 1.54) is 5.56 Å². The maximum Gasteiger partial charge on any atom is 0.233 e. The summed E-state index contributed by atoms with van der Waals surface area (Å²) in [6.45, 7) is 3.70. The van der Waals surface area contributed by atoms with Crippen molar-refractivity contribution in [2.45, 2.75) is 44.1 Å². The van der Waals surface area contributed by atoms with Crippen LogP contribution in [0.3, 0.4) is 0 Å². The Hall–Kier alpha value is -1.35. The molecule has 2 fully saturated rings. The Bertz CT molecular complexity index is 481. The van der Waals surface area contributed by atoms with E-state index in [1.54, 1.807) is 0 Å². The highest BCUT2D eigenvalue weighted by Crippen LogP contribution is 2.50. The Morgan fingerprint density at radius 3 is 2.60 bits per heavy atom. The molecule has 2 N–H and O–H groups in total. The van der Waals surface area contributed by atoms with E-state index in [4.69, 9.17) is 5.73 Å². The molecule has 0 aromatic heterocycles. The van der Waals surface area contributed by atoms with Crippen molar-refractivity contribution < 1.29 is 4.79 Å². The standard InChI is InChI=1S/C17H24N2O/c1-13-7-8-14(11-18)12-19(13)16(20)17(9-10-17)15-5-3-2-4-6-15/h2-6,13-14H,7-12,18H2,1H3. The Morgan fingerprint density at radius 2 is 2.00 bits per heavy atom. The van der Waals surface area contributed by atoms with Crippen LogP contribution in [-0.4, -0.2) is 29.9 Å². The van der Waals surface area contributed by atoms with Gasteiger partial charge in [-0.25, -0.2) is 0 Å². The van der Waals surface area contributed by atoms with Crippen LogP contribution in [-0.2, 0) is 10.2 Å². The Kier molecular flexibility index (Phi) is 3.55. The molecule has 1 heterocycles. The number of amides is 1. The minimum atomic E-state index is -0.230. The van der Waals surface area contributed by atoms with Gasteiger partial charge in [0.2, 0.25) is 5.91 Å². The normalized spacial score (nSPS) is 28.2. The zero-order chi connectivity index (χ0) is 14.2. The quantitative estimate of drug-likeness (QED) is 0.917. The van der Waals surface area contributed by atoms with Gasteiger partial charge in [0.15, 0.2) is 0 Å². The Morgan fingerprint density at radius 1 is 1.30 bits per heavy atom. The molecular formula is C17H24N2O. The van der Waals surface area contributed by atoms with Crippen molar-refractivity contribution in [3.8, 4) is 0 Å². The number of nitrogens with two attached hydrogens (primary N) is 1. The molecule has 1 aliphatic heterocycles. The van der Waals surface area contributed by atoms with Crippen LogP contribution in [0.15, 0.2) is 30.3 Å². The molecule has 1 saturated carbocycles. The van der Waals surface area contributed by atoms with Gasteiger partial charge in [-0.15, -0.1) is 0 Å². The first-order valence-electron chi connectivity index (χ1n) is 7.74. The van der Waals surface area contributed by atoms with E-state index >= 15 is 0 Å². The van der Waals surface area contributed by atoms with Gasteiger partial charge in [0.25, 0.3) is 0 Å². The summed E-state index contributed by atoms with van der Waals surface area (Å²) in [7, 11) is 0. The smallest absolute Gasteiger partial charge is 0.233 e. The van der Waals surface area contributed by atoms with Gasteiger partial charge in [0.1, 0.15) is 0 Å². The topological polar surface area (TPSA) is 46.3 Å². The molecule has 1 aromatic carbocycles. The fourth-order valence-electron chi connectivity index (χ4n) is 3.44. The lowest BCUT2D eigenvalue weighted by atomic mass is 9.89. The number of hydrogen-bond acceptors (Lipinski definition) is 2. The highest BCUT2D eigenvalue weighted by Gasteiger charge is 2.53. The summed E-state index contributed by atoms with van der Waals surface area (Å²) in [5.41, 5.74) is 6.77. The van der Waals surface area contributed by atoms with E-state index in [0.29, 0.717) is 24.4 Å². The van der Waals surface area contributed by atoms with Crippen LogP contribution in [0.2, 0.25) is 0 Å². The molecule has 3 rings (SSSR count). The van der Waals surface area contributed by atoms with Crippen LogP contribution in [0.25, 0.3) is 0 Å². The van der Waals surface area contributed by atoms with Crippen molar-refractivity contribution in [1.82, 2.24) is 4.90 Å². The number of carbonyl (C=O) groups is 1. The minimum absolute atomic E-state index is 0.230. The number of nitrogens with zero attached hydrogens (tertiary/aromatic N) is 1. The lowest BCUT2D eigenvalue weighted by Crippen LogP contribution is -2.50. The molecule has 0 radical (unpaired) electrons. The fraction of sp³-hybridized carbons (Fsp3) is 0.588. The molecule has 0 bridgehead atoms. The molecule has 3 heteroatoms. The summed E-state index contributed by atoms with van der Waals surface area (Å²) in [5, 5.41) is 0. The minimum Gasteiger partial charge on any atom is -0.339 e. The van der Waals surface area contributed by atoms with Crippen LogP contribution in [0, 0.1) is 5.92 Å². The molecule has 20 heavy (non-hydrogen) atoms. The molecule has 108 valence electrons. The number of hydrogen-bond donors (Lipinski definition) is 1.